The van der Waals surface area contributed by atoms with E-state index in [-0.39, 0.29) is 22.4 Å². The fourth-order valence-electron chi connectivity index (χ4n) is 5.03. The van der Waals surface area contributed by atoms with E-state index in [9.17, 15) is 9.59 Å². The van der Waals surface area contributed by atoms with E-state index < -0.39 is 0 Å². The van der Waals surface area contributed by atoms with Crippen molar-refractivity contribution in [3.63, 3.8) is 0 Å². The summed E-state index contributed by atoms with van der Waals surface area (Å²) in [6.45, 7) is 8.77. The van der Waals surface area contributed by atoms with Crippen LogP contribution in [0.3, 0.4) is 0 Å². The molecule has 0 heterocycles. The molecule has 1 saturated carbocycles. The van der Waals surface area contributed by atoms with Gasteiger partial charge in [0.1, 0.15) is 23.5 Å². The number of carbonyl (C=O) groups is 2. The smallest absolute Gasteiger partial charge is 0.232 e. The molecular formula is C34H41NO4S. The zero-order valence-electron chi connectivity index (χ0n) is 24.1. The molecule has 3 aromatic carbocycles. The Morgan fingerprint density at radius 3 is 2.10 bits per heavy atom. The number of nitrogens with one attached hydrogen (secondary N) is 1. The molecule has 0 radical (unpaired) electrons. The number of rotatable bonds is 10. The Hall–Kier alpha value is -3.25. The first kappa shape index (κ1) is 29.7. The molecule has 1 aliphatic carbocycles. The van der Waals surface area contributed by atoms with Crippen LogP contribution < -0.4 is 14.2 Å². The number of amides is 1. The van der Waals surface area contributed by atoms with E-state index in [0.29, 0.717) is 18.1 Å². The first-order chi connectivity index (χ1) is 19.2. The summed E-state index contributed by atoms with van der Waals surface area (Å²) in [6, 6.07) is 23.6. The van der Waals surface area contributed by atoms with Crippen LogP contribution in [0.4, 0.5) is 5.69 Å². The molecule has 1 unspecified atom stereocenters. The minimum atomic E-state index is -0.380. The first-order valence-electron chi connectivity index (χ1n) is 14.3. The van der Waals surface area contributed by atoms with Crippen molar-refractivity contribution in [2.75, 3.05) is 11.9 Å². The van der Waals surface area contributed by atoms with Gasteiger partial charge in [-0.1, -0.05) is 76.4 Å². The molecule has 6 heteroatoms. The number of benzene rings is 3. The molecule has 212 valence electrons. The molecule has 0 saturated heterocycles. The highest BCUT2D eigenvalue weighted by Crippen LogP contribution is 2.29. The number of hydrogen-bond acceptors (Lipinski definition) is 5. The fraction of sp³-hybridized carbons (Fsp3) is 0.412. The van der Waals surface area contributed by atoms with E-state index in [4.69, 9.17) is 8.92 Å². The van der Waals surface area contributed by atoms with Crippen LogP contribution in [-0.2, 0) is 21.4 Å². The summed E-state index contributed by atoms with van der Waals surface area (Å²) in [5.41, 5.74) is 3.97. The lowest BCUT2D eigenvalue weighted by Gasteiger charge is -2.22. The van der Waals surface area contributed by atoms with E-state index in [0.717, 1.165) is 41.2 Å². The van der Waals surface area contributed by atoms with Crippen LogP contribution in [0.2, 0.25) is 0 Å². The predicted molar refractivity (Wildman–Crippen MR) is 164 cm³/mol. The van der Waals surface area contributed by atoms with Crippen LogP contribution in [0.5, 0.6) is 11.5 Å². The average molecular weight is 560 g/mol. The maximum atomic E-state index is 13.7. The van der Waals surface area contributed by atoms with Gasteiger partial charge in [0.25, 0.3) is 0 Å². The molecule has 0 aliphatic heterocycles. The Labute approximate surface area is 243 Å². The lowest BCUT2D eigenvalue weighted by atomic mass is 9.84. The van der Waals surface area contributed by atoms with Crippen LogP contribution in [0.25, 0.3) is 0 Å². The number of anilines is 1. The molecule has 1 atom stereocenters. The molecule has 1 amide bonds. The van der Waals surface area contributed by atoms with Gasteiger partial charge in [0.15, 0.2) is 0 Å². The minimum Gasteiger partial charge on any atom is -0.493 e. The molecule has 4 rings (SSSR count). The van der Waals surface area contributed by atoms with Gasteiger partial charge in [0.2, 0.25) is 11.0 Å². The standard InChI is InChI=1S/C34H41NO4S/c1-24(36)40-39-31-18-10-25(11-19-31)22-32(27-12-14-28(15-13-27)34(2,3)4)33(37)35-29-16-20-30(21-17-29)38-23-26-8-6-5-7-9-26/h10-21,26,32H,5-9,22-23H2,1-4H3,(H,35,37). The van der Waals surface area contributed by atoms with E-state index in [1.54, 1.807) is 0 Å². The van der Waals surface area contributed by atoms with Gasteiger partial charge in [-0.25, -0.2) is 0 Å². The Morgan fingerprint density at radius 1 is 0.875 bits per heavy atom. The summed E-state index contributed by atoms with van der Waals surface area (Å²) in [4.78, 5) is 24.9. The molecule has 5 nitrogen and oxygen atoms in total. The van der Waals surface area contributed by atoms with Crippen molar-refractivity contribution < 1.29 is 18.5 Å². The SMILES string of the molecule is CC(=O)SOc1ccc(CC(C(=O)Nc2ccc(OCC3CCCCC3)cc2)c2ccc(C(C)(C)C)cc2)cc1. The largest absolute Gasteiger partial charge is 0.493 e. The highest BCUT2D eigenvalue weighted by molar-refractivity contribution is 8.09. The summed E-state index contributed by atoms with van der Waals surface area (Å²) in [7, 11) is 0. The lowest BCUT2D eigenvalue weighted by molar-refractivity contribution is -0.117. The molecule has 3 aromatic rings. The number of hydrogen-bond donors (Lipinski definition) is 1. The summed E-state index contributed by atoms with van der Waals surface area (Å²) in [6.07, 6.45) is 6.97. The first-order valence-corrected chi connectivity index (χ1v) is 15.0. The summed E-state index contributed by atoms with van der Waals surface area (Å²) in [5, 5.41) is 3.01. The number of carbonyl (C=O) groups excluding carboxylic acids is 2. The second-order valence-corrected chi connectivity index (χ2v) is 12.7. The molecule has 1 aliphatic rings. The molecule has 1 fully saturated rings. The fourth-order valence-corrected chi connectivity index (χ4v) is 5.36. The van der Waals surface area contributed by atoms with Crippen LogP contribution >= 0.6 is 12.0 Å². The van der Waals surface area contributed by atoms with Crippen molar-refractivity contribution in [1.82, 2.24) is 0 Å². The van der Waals surface area contributed by atoms with Gasteiger partial charge >= 0.3 is 0 Å². The lowest BCUT2D eigenvalue weighted by Crippen LogP contribution is -2.23. The van der Waals surface area contributed by atoms with Gasteiger partial charge in [0.05, 0.1) is 12.5 Å². The number of ether oxygens (including phenoxy) is 1. The second-order valence-electron chi connectivity index (χ2n) is 11.8. The van der Waals surface area contributed by atoms with Gasteiger partial charge in [-0.3, -0.25) is 9.59 Å². The summed E-state index contributed by atoms with van der Waals surface area (Å²) in [5.74, 6) is 1.64. The van der Waals surface area contributed by atoms with Crippen molar-refractivity contribution >= 4 is 28.8 Å². The van der Waals surface area contributed by atoms with Crippen LogP contribution in [0.1, 0.15) is 82.4 Å². The van der Waals surface area contributed by atoms with Gasteiger partial charge in [0, 0.05) is 12.6 Å². The van der Waals surface area contributed by atoms with Crippen molar-refractivity contribution in [2.24, 2.45) is 5.92 Å². The molecular weight excluding hydrogens is 518 g/mol. The van der Waals surface area contributed by atoms with E-state index >= 15 is 0 Å². The molecule has 0 aromatic heterocycles. The quantitative estimate of drug-likeness (QED) is 0.252. The van der Waals surface area contributed by atoms with E-state index in [2.05, 4.69) is 50.4 Å². The monoisotopic (exact) mass is 559 g/mol. The van der Waals surface area contributed by atoms with Gasteiger partial charge in [-0.15, -0.1) is 0 Å². The zero-order valence-corrected chi connectivity index (χ0v) is 24.9. The van der Waals surface area contributed by atoms with Gasteiger partial charge < -0.3 is 14.2 Å². The maximum Gasteiger partial charge on any atom is 0.232 e. The normalized spacial score (nSPS) is 14.8. The molecule has 0 bridgehead atoms. The van der Waals surface area contributed by atoms with Crippen molar-refractivity contribution in [3.8, 4) is 11.5 Å². The van der Waals surface area contributed by atoms with Gasteiger partial charge in [-0.2, -0.15) is 0 Å². The molecule has 0 spiro atoms. The highest BCUT2D eigenvalue weighted by Gasteiger charge is 2.23. The third kappa shape index (κ3) is 8.88. The predicted octanol–water partition coefficient (Wildman–Crippen LogP) is 8.48. The van der Waals surface area contributed by atoms with Crippen molar-refractivity contribution in [3.05, 3.63) is 89.5 Å². The summed E-state index contributed by atoms with van der Waals surface area (Å²) < 4.78 is 11.5. The summed E-state index contributed by atoms with van der Waals surface area (Å²) >= 11 is 0.809. The second kappa shape index (κ2) is 13.9. The Morgan fingerprint density at radius 2 is 1.50 bits per heavy atom. The van der Waals surface area contributed by atoms with Crippen LogP contribution in [0.15, 0.2) is 72.8 Å². The molecule has 1 N–H and O–H groups in total. The van der Waals surface area contributed by atoms with E-state index in [1.807, 2.05) is 48.5 Å². The van der Waals surface area contributed by atoms with Crippen LogP contribution in [-0.4, -0.2) is 17.6 Å². The highest BCUT2D eigenvalue weighted by atomic mass is 32.2. The third-order valence-electron chi connectivity index (χ3n) is 7.45. The Balaban J connectivity index is 1.45. The Bertz CT molecular complexity index is 1240. The van der Waals surface area contributed by atoms with Crippen molar-refractivity contribution in [1.29, 1.82) is 0 Å². The van der Waals surface area contributed by atoms with Gasteiger partial charge in [-0.05, 0) is 83.7 Å². The van der Waals surface area contributed by atoms with E-state index in [1.165, 1.54) is 44.6 Å². The Kier molecular flexibility index (Phi) is 10.3. The van der Waals surface area contributed by atoms with Crippen LogP contribution in [0, 0.1) is 5.92 Å². The van der Waals surface area contributed by atoms with Crippen molar-refractivity contribution in [2.45, 2.75) is 77.6 Å². The minimum absolute atomic E-state index is 0.0325. The zero-order chi connectivity index (χ0) is 28.5. The average Bonchev–Trinajstić information content (AvgIpc) is 2.95. The third-order valence-corrected chi connectivity index (χ3v) is 7.96. The maximum absolute atomic E-state index is 13.7. The topological polar surface area (TPSA) is 64.6 Å². The molecule has 40 heavy (non-hydrogen) atoms.